The SMILES string of the molecule is CC(C)[C@H](NC(=O)COc1ccc(OCc2ccccc2)cc1)C(=O)N1CCCC1. The number of ether oxygens (including phenoxy) is 2. The molecule has 1 aliphatic heterocycles. The monoisotopic (exact) mass is 410 g/mol. The highest BCUT2D eigenvalue weighted by Crippen LogP contribution is 2.19. The molecule has 1 heterocycles. The van der Waals surface area contributed by atoms with E-state index in [1.54, 1.807) is 12.1 Å². The maximum absolute atomic E-state index is 12.7. The van der Waals surface area contributed by atoms with Crippen molar-refractivity contribution < 1.29 is 19.1 Å². The quantitative estimate of drug-likeness (QED) is 0.688. The van der Waals surface area contributed by atoms with Crippen LogP contribution >= 0.6 is 0 Å². The van der Waals surface area contributed by atoms with E-state index in [9.17, 15) is 9.59 Å². The lowest BCUT2D eigenvalue weighted by Gasteiger charge is -2.26. The van der Waals surface area contributed by atoms with Crippen LogP contribution in [0.5, 0.6) is 11.5 Å². The third-order valence-electron chi connectivity index (χ3n) is 5.11. The van der Waals surface area contributed by atoms with Gasteiger partial charge >= 0.3 is 0 Å². The zero-order valence-corrected chi connectivity index (χ0v) is 17.7. The summed E-state index contributed by atoms with van der Waals surface area (Å²) in [6.45, 7) is 5.77. The molecule has 1 aliphatic rings. The molecule has 2 aromatic rings. The molecular weight excluding hydrogens is 380 g/mol. The van der Waals surface area contributed by atoms with Crippen molar-refractivity contribution in [3.8, 4) is 11.5 Å². The number of likely N-dealkylation sites (tertiary alicyclic amines) is 1. The number of nitrogens with zero attached hydrogens (tertiary/aromatic N) is 1. The Bertz CT molecular complexity index is 815. The van der Waals surface area contributed by atoms with E-state index in [4.69, 9.17) is 9.47 Å². The standard InChI is InChI=1S/C24H30N2O4/c1-18(2)23(24(28)26-14-6-7-15-26)25-22(27)17-30-21-12-10-20(11-13-21)29-16-19-8-4-3-5-9-19/h3-5,8-13,18,23H,6-7,14-17H2,1-2H3,(H,25,27)/t23-/m0/s1. The highest BCUT2D eigenvalue weighted by atomic mass is 16.5. The number of hydrogen-bond donors (Lipinski definition) is 1. The van der Waals surface area contributed by atoms with Crippen molar-refractivity contribution in [3.05, 3.63) is 60.2 Å². The van der Waals surface area contributed by atoms with E-state index in [1.165, 1.54) is 0 Å². The van der Waals surface area contributed by atoms with Gasteiger partial charge in [-0.05, 0) is 48.6 Å². The Morgan fingerprint density at radius 3 is 2.13 bits per heavy atom. The summed E-state index contributed by atoms with van der Waals surface area (Å²) in [6.07, 6.45) is 2.05. The van der Waals surface area contributed by atoms with Gasteiger partial charge in [0.2, 0.25) is 5.91 Å². The second kappa shape index (κ2) is 10.7. The van der Waals surface area contributed by atoms with Crippen LogP contribution in [0.15, 0.2) is 54.6 Å². The predicted octanol–water partition coefficient (Wildman–Crippen LogP) is 3.41. The number of rotatable bonds is 9. The summed E-state index contributed by atoms with van der Waals surface area (Å²) < 4.78 is 11.3. The molecule has 0 aliphatic carbocycles. The molecule has 2 amide bonds. The Labute approximate surface area is 178 Å². The average Bonchev–Trinajstić information content (AvgIpc) is 3.30. The molecule has 6 heteroatoms. The van der Waals surface area contributed by atoms with E-state index in [2.05, 4.69) is 5.32 Å². The summed E-state index contributed by atoms with van der Waals surface area (Å²) in [5, 5.41) is 2.83. The number of nitrogens with one attached hydrogen (secondary N) is 1. The minimum absolute atomic E-state index is 0.00392. The molecule has 2 aromatic carbocycles. The van der Waals surface area contributed by atoms with Gasteiger partial charge in [-0.1, -0.05) is 44.2 Å². The van der Waals surface area contributed by atoms with Gasteiger partial charge in [0.05, 0.1) is 0 Å². The Morgan fingerprint density at radius 2 is 1.53 bits per heavy atom. The van der Waals surface area contributed by atoms with E-state index in [1.807, 2.05) is 61.2 Å². The van der Waals surface area contributed by atoms with Crippen molar-refractivity contribution in [3.63, 3.8) is 0 Å². The molecule has 0 unspecified atom stereocenters. The first-order valence-corrected chi connectivity index (χ1v) is 10.5. The zero-order chi connectivity index (χ0) is 21.3. The van der Waals surface area contributed by atoms with Crippen LogP contribution in [0.4, 0.5) is 0 Å². The largest absolute Gasteiger partial charge is 0.489 e. The number of carbonyl (C=O) groups excluding carboxylic acids is 2. The van der Waals surface area contributed by atoms with E-state index < -0.39 is 6.04 Å². The third-order valence-corrected chi connectivity index (χ3v) is 5.11. The minimum atomic E-state index is -0.520. The highest BCUT2D eigenvalue weighted by Gasteiger charge is 2.30. The van der Waals surface area contributed by atoms with Gasteiger partial charge in [0.1, 0.15) is 24.1 Å². The highest BCUT2D eigenvalue weighted by molar-refractivity contribution is 5.88. The molecule has 6 nitrogen and oxygen atoms in total. The van der Waals surface area contributed by atoms with Crippen molar-refractivity contribution in [2.75, 3.05) is 19.7 Å². The van der Waals surface area contributed by atoms with Crippen LogP contribution in [0.25, 0.3) is 0 Å². The number of benzene rings is 2. The van der Waals surface area contributed by atoms with Crippen molar-refractivity contribution >= 4 is 11.8 Å². The van der Waals surface area contributed by atoms with Crippen molar-refractivity contribution in [2.45, 2.75) is 39.3 Å². The first-order chi connectivity index (χ1) is 14.5. The smallest absolute Gasteiger partial charge is 0.258 e. The molecule has 0 radical (unpaired) electrons. The number of amides is 2. The van der Waals surface area contributed by atoms with Gasteiger partial charge < -0.3 is 19.7 Å². The fourth-order valence-electron chi connectivity index (χ4n) is 3.38. The van der Waals surface area contributed by atoms with Crippen LogP contribution in [0.2, 0.25) is 0 Å². The predicted molar refractivity (Wildman–Crippen MR) is 115 cm³/mol. The molecule has 1 saturated heterocycles. The maximum Gasteiger partial charge on any atom is 0.258 e. The van der Waals surface area contributed by atoms with E-state index in [0.29, 0.717) is 12.4 Å². The van der Waals surface area contributed by atoms with Crippen molar-refractivity contribution in [2.24, 2.45) is 5.92 Å². The normalized spacial score (nSPS) is 14.4. The van der Waals surface area contributed by atoms with Crippen LogP contribution in [-0.4, -0.2) is 42.5 Å². The van der Waals surface area contributed by atoms with Gasteiger partial charge in [-0.15, -0.1) is 0 Å². The lowest BCUT2D eigenvalue weighted by atomic mass is 10.0. The lowest BCUT2D eigenvalue weighted by Crippen LogP contribution is -2.51. The Morgan fingerprint density at radius 1 is 0.933 bits per heavy atom. The van der Waals surface area contributed by atoms with Crippen molar-refractivity contribution in [1.82, 2.24) is 10.2 Å². The van der Waals surface area contributed by atoms with Gasteiger partial charge in [-0.25, -0.2) is 0 Å². The first-order valence-electron chi connectivity index (χ1n) is 10.5. The molecular formula is C24H30N2O4. The first kappa shape index (κ1) is 21.7. The minimum Gasteiger partial charge on any atom is -0.489 e. The Balaban J connectivity index is 1.45. The molecule has 3 rings (SSSR count). The summed E-state index contributed by atoms with van der Waals surface area (Å²) in [6, 6.07) is 16.6. The third kappa shape index (κ3) is 6.24. The van der Waals surface area contributed by atoms with Gasteiger partial charge in [0.15, 0.2) is 6.61 Å². The van der Waals surface area contributed by atoms with Gasteiger partial charge in [-0.2, -0.15) is 0 Å². The second-order valence-corrected chi connectivity index (χ2v) is 7.86. The van der Waals surface area contributed by atoms with Crippen LogP contribution in [-0.2, 0) is 16.2 Å². The summed E-state index contributed by atoms with van der Waals surface area (Å²) in [5.74, 6) is 1.01. The Hall–Kier alpha value is -3.02. The summed E-state index contributed by atoms with van der Waals surface area (Å²) >= 11 is 0. The molecule has 0 spiro atoms. The van der Waals surface area contributed by atoms with E-state index in [0.717, 1.165) is 37.2 Å². The summed E-state index contributed by atoms with van der Waals surface area (Å²) in [4.78, 5) is 26.8. The fraction of sp³-hybridized carbons (Fsp3) is 0.417. The van der Waals surface area contributed by atoms with Crippen LogP contribution in [0.3, 0.4) is 0 Å². The second-order valence-electron chi connectivity index (χ2n) is 7.86. The van der Waals surface area contributed by atoms with E-state index in [-0.39, 0.29) is 24.3 Å². The average molecular weight is 411 g/mol. The molecule has 1 fully saturated rings. The summed E-state index contributed by atoms with van der Waals surface area (Å²) in [7, 11) is 0. The fourth-order valence-corrected chi connectivity index (χ4v) is 3.38. The molecule has 0 aromatic heterocycles. The zero-order valence-electron chi connectivity index (χ0n) is 17.7. The molecule has 0 bridgehead atoms. The van der Waals surface area contributed by atoms with Crippen LogP contribution in [0.1, 0.15) is 32.3 Å². The van der Waals surface area contributed by atoms with Gasteiger partial charge in [0.25, 0.3) is 5.91 Å². The Kier molecular flexibility index (Phi) is 7.71. The topological polar surface area (TPSA) is 67.9 Å². The molecule has 1 N–H and O–H groups in total. The van der Waals surface area contributed by atoms with Crippen molar-refractivity contribution in [1.29, 1.82) is 0 Å². The molecule has 1 atom stereocenters. The maximum atomic E-state index is 12.7. The van der Waals surface area contributed by atoms with E-state index >= 15 is 0 Å². The van der Waals surface area contributed by atoms with Gasteiger partial charge in [-0.3, -0.25) is 9.59 Å². The molecule has 0 saturated carbocycles. The van der Waals surface area contributed by atoms with Crippen LogP contribution < -0.4 is 14.8 Å². The number of carbonyl (C=O) groups is 2. The van der Waals surface area contributed by atoms with Crippen LogP contribution in [0, 0.1) is 5.92 Å². The molecule has 30 heavy (non-hydrogen) atoms. The number of hydrogen-bond acceptors (Lipinski definition) is 4. The lowest BCUT2D eigenvalue weighted by molar-refractivity contribution is -0.137. The summed E-state index contributed by atoms with van der Waals surface area (Å²) in [5.41, 5.74) is 1.10. The van der Waals surface area contributed by atoms with Gasteiger partial charge in [0, 0.05) is 13.1 Å². The molecule has 160 valence electrons.